The molecule has 5 rings (SSSR count). The molecule has 162 valence electrons. The van der Waals surface area contributed by atoms with E-state index in [0.717, 1.165) is 24.1 Å². The van der Waals surface area contributed by atoms with Crippen LogP contribution in [0.25, 0.3) is 0 Å². The fourth-order valence-electron chi connectivity index (χ4n) is 4.12. The summed E-state index contributed by atoms with van der Waals surface area (Å²) in [5.74, 6) is 0.639. The predicted octanol–water partition coefficient (Wildman–Crippen LogP) is 4.54. The minimum Gasteiger partial charge on any atom is -0.497 e. The Hall–Kier alpha value is -3.13. The molecule has 1 fully saturated rings. The number of anilines is 2. The maximum atomic E-state index is 13.7. The number of nitrogens with one attached hydrogen (secondary N) is 1. The molecule has 3 aliphatic rings. The Morgan fingerprint density at radius 3 is 2.23 bits per heavy atom. The second-order valence-corrected chi connectivity index (χ2v) is 8.16. The zero-order chi connectivity index (χ0) is 21.8. The molecule has 31 heavy (non-hydrogen) atoms. The van der Waals surface area contributed by atoms with Crippen LogP contribution in [0.1, 0.15) is 24.8 Å². The maximum Gasteiger partial charge on any atom is 0.433 e. The molecule has 3 N–H and O–H groups in total. The van der Waals surface area contributed by atoms with Crippen LogP contribution in [-0.2, 0) is 5.54 Å². The van der Waals surface area contributed by atoms with Gasteiger partial charge in [0.2, 0.25) is 0 Å². The lowest BCUT2D eigenvalue weighted by Crippen LogP contribution is -2.36. The van der Waals surface area contributed by atoms with Gasteiger partial charge in [0.15, 0.2) is 0 Å². The summed E-state index contributed by atoms with van der Waals surface area (Å²) < 4.78 is 46.3. The summed E-state index contributed by atoms with van der Waals surface area (Å²) in [5.41, 5.74) is 11.3. The summed E-state index contributed by atoms with van der Waals surface area (Å²) in [5, 5.41) is 1.48. The van der Waals surface area contributed by atoms with E-state index in [2.05, 4.69) is 5.43 Å². The molecule has 2 heterocycles. The molecule has 0 spiro atoms. The minimum absolute atomic E-state index is 0.211. The van der Waals surface area contributed by atoms with Gasteiger partial charge >= 0.3 is 6.18 Å². The second kappa shape index (κ2) is 6.95. The lowest BCUT2D eigenvalue weighted by Gasteiger charge is -2.30. The molecule has 1 saturated carbocycles. The van der Waals surface area contributed by atoms with Crippen molar-refractivity contribution < 1.29 is 17.9 Å². The first kappa shape index (κ1) is 19.8. The minimum atomic E-state index is -4.46. The number of halogens is 3. The van der Waals surface area contributed by atoms with Crippen molar-refractivity contribution in [3.8, 4) is 5.75 Å². The molecule has 8 heteroatoms. The van der Waals surface area contributed by atoms with Crippen molar-refractivity contribution >= 4 is 11.4 Å². The van der Waals surface area contributed by atoms with Crippen molar-refractivity contribution in [2.75, 3.05) is 23.6 Å². The topological polar surface area (TPSA) is 53.8 Å². The first-order valence-electron chi connectivity index (χ1n) is 10.2. The first-order chi connectivity index (χ1) is 14.8. The second-order valence-electron chi connectivity index (χ2n) is 8.16. The Morgan fingerprint density at radius 2 is 1.65 bits per heavy atom. The zero-order valence-corrected chi connectivity index (χ0v) is 17.0. The standard InChI is InChI=1S/C23H23F3N4O/c1-31-18-8-6-17(7-9-18)30-20-14-29(13-10-19(20)21(28-30)23(24,25)26)16-4-2-15(3-5-16)22(27)11-12-22/h2-9,14,28H,10-13,27H2,1H3. The number of nitrogens with zero attached hydrogens (tertiary/aromatic N) is 2. The molecule has 0 amide bonds. The van der Waals surface area contributed by atoms with E-state index in [0.29, 0.717) is 23.7 Å². The number of hydrogen-bond acceptors (Lipinski definition) is 5. The van der Waals surface area contributed by atoms with E-state index in [4.69, 9.17) is 10.5 Å². The van der Waals surface area contributed by atoms with Gasteiger partial charge in [0, 0.05) is 29.5 Å². The summed E-state index contributed by atoms with van der Waals surface area (Å²) >= 11 is 0. The molecule has 2 aromatic rings. The highest BCUT2D eigenvalue weighted by atomic mass is 19.4. The molecular weight excluding hydrogens is 405 g/mol. The van der Waals surface area contributed by atoms with E-state index in [1.54, 1.807) is 37.6 Å². The fraction of sp³-hybridized carbons (Fsp3) is 0.304. The third-order valence-electron chi connectivity index (χ3n) is 6.13. The van der Waals surface area contributed by atoms with E-state index in [1.165, 1.54) is 5.01 Å². The van der Waals surface area contributed by atoms with Crippen molar-refractivity contribution in [1.82, 2.24) is 5.43 Å². The largest absolute Gasteiger partial charge is 0.497 e. The number of nitrogens with two attached hydrogens (primary N) is 1. The van der Waals surface area contributed by atoms with Crippen LogP contribution in [0.2, 0.25) is 0 Å². The first-order valence-corrected chi connectivity index (χ1v) is 10.2. The van der Waals surface area contributed by atoms with Crippen LogP contribution < -0.4 is 25.8 Å². The Labute approximate surface area is 178 Å². The van der Waals surface area contributed by atoms with Crippen LogP contribution in [0.4, 0.5) is 24.5 Å². The molecule has 5 nitrogen and oxygen atoms in total. The monoisotopic (exact) mass is 428 g/mol. The number of alkyl halides is 3. The Kier molecular flexibility index (Phi) is 4.44. The lowest BCUT2D eigenvalue weighted by atomic mass is 10.0. The molecular formula is C23H23F3N4O. The van der Waals surface area contributed by atoms with Gasteiger partial charge in [-0.2, -0.15) is 13.2 Å². The molecule has 0 aromatic heterocycles. The van der Waals surface area contributed by atoms with E-state index >= 15 is 0 Å². The normalized spacial score (nSPS) is 19.7. The third-order valence-corrected chi connectivity index (χ3v) is 6.13. The van der Waals surface area contributed by atoms with Gasteiger partial charge in [-0.05, 0) is 61.2 Å². The molecule has 0 radical (unpaired) electrons. The van der Waals surface area contributed by atoms with E-state index in [-0.39, 0.29) is 17.5 Å². The Morgan fingerprint density at radius 1 is 1.00 bits per heavy atom. The number of hydrogen-bond donors (Lipinski definition) is 2. The number of methoxy groups -OCH3 is 1. The zero-order valence-electron chi connectivity index (χ0n) is 17.0. The van der Waals surface area contributed by atoms with Gasteiger partial charge < -0.3 is 15.4 Å². The average molecular weight is 428 g/mol. The van der Waals surface area contributed by atoms with E-state index in [1.807, 2.05) is 29.2 Å². The molecule has 1 aliphatic carbocycles. The molecule has 0 unspecified atom stereocenters. The van der Waals surface area contributed by atoms with Crippen LogP contribution in [0.5, 0.6) is 5.75 Å². The number of allylic oxidation sites excluding steroid dienone is 2. The van der Waals surface area contributed by atoms with Crippen LogP contribution in [0.15, 0.2) is 71.7 Å². The van der Waals surface area contributed by atoms with Gasteiger partial charge in [0.05, 0.1) is 18.5 Å². The quantitative estimate of drug-likeness (QED) is 0.749. The van der Waals surface area contributed by atoms with Crippen LogP contribution in [-0.4, -0.2) is 19.8 Å². The summed E-state index contributed by atoms with van der Waals surface area (Å²) in [6.07, 6.45) is -0.435. The molecule has 0 saturated heterocycles. The molecule has 2 aliphatic heterocycles. The van der Waals surface area contributed by atoms with Crippen molar-refractivity contribution in [1.29, 1.82) is 0 Å². The van der Waals surface area contributed by atoms with Gasteiger partial charge in [-0.3, -0.25) is 10.4 Å². The Bertz CT molecular complexity index is 1050. The van der Waals surface area contributed by atoms with Gasteiger partial charge in [-0.25, -0.2) is 0 Å². The maximum absolute atomic E-state index is 13.7. The van der Waals surface area contributed by atoms with Crippen LogP contribution >= 0.6 is 0 Å². The highest BCUT2D eigenvalue weighted by Crippen LogP contribution is 2.44. The van der Waals surface area contributed by atoms with E-state index < -0.39 is 11.9 Å². The summed E-state index contributed by atoms with van der Waals surface area (Å²) in [6, 6.07) is 14.9. The fourth-order valence-corrected chi connectivity index (χ4v) is 4.12. The number of ether oxygens (including phenoxy) is 1. The highest BCUT2D eigenvalue weighted by molar-refractivity contribution is 5.66. The van der Waals surface area contributed by atoms with Crippen molar-refractivity contribution in [3.63, 3.8) is 0 Å². The molecule has 0 bridgehead atoms. The van der Waals surface area contributed by atoms with Crippen molar-refractivity contribution in [3.05, 3.63) is 77.3 Å². The molecule has 0 atom stereocenters. The third kappa shape index (κ3) is 3.50. The Balaban J connectivity index is 1.50. The van der Waals surface area contributed by atoms with Gasteiger partial charge in [0.1, 0.15) is 11.4 Å². The predicted molar refractivity (Wildman–Crippen MR) is 113 cm³/mol. The lowest BCUT2D eigenvalue weighted by molar-refractivity contribution is -0.0965. The highest BCUT2D eigenvalue weighted by Gasteiger charge is 2.45. The van der Waals surface area contributed by atoms with Crippen LogP contribution in [0, 0.1) is 0 Å². The molecule has 2 aromatic carbocycles. The van der Waals surface area contributed by atoms with E-state index in [9.17, 15) is 13.2 Å². The van der Waals surface area contributed by atoms with Gasteiger partial charge in [-0.1, -0.05) is 12.1 Å². The SMILES string of the molecule is COc1ccc(N2NC(C(F)(F)F)=C3CCN(c4ccc(C5(N)CC5)cc4)C=C32)cc1. The van der Waals surface area contributed by atoms with Crippen molar-refractivity contribution in [2.45, 2.75) is 31.0 Å². The summed E-state index contributed by atoms with van der Waals surface area (Å²) in [6.45, 7) is 0.462. The summed E-state index contributed by atoms with van der Waals surface area (Å²) in [7, 11) is 1.55. The summed E-state index contributed by atoms with van der Waals surface area (Å²) in [4.78, 5) is 1.98. The number of benzene rings is 2. The number of hydrazine groups is 1. The number of fused-ring (bicyclic) bond motifs is 1. The van der Waals surface area contributed by atoms with Gasteiger partial charge in [-0.15, -0.1) is 0 Å². The van der Waals surface area contributed by atoms with Gasteiger partial charge in [0.25, 0.3) is 0 Å². The van der Waals surface area contributed by atoms with Crippen LogP contribution in [0.3, 0.4) is 0 Å². The average Bonchev–Trinajstić information content (AvgIpc) is 3.40. The van der Waals surface area contributed by atoms with Crippen molar-refractivity contribution in [2.24, 2.45) is 5.73 Å². The number of rotatable bonds is 4. The smallest absolute Gasteiger partial charge is 0.433 e.